The molecule has 8 nitrogen and oxygen atoms in total. The van der Waals surface area contributed by atoms with Gasteiger partial charge in [0, 0.05) is 24.2 Å². The van der Waals surface area contributed by atoms with Crippen LogP contribution in [0.25, 0.3) is 11.0 Å². The molecule has 0 atom stereocenters. The van der Waals surface area contributed by atoms with E-state index >= 15 is 0 Å². The number of aromatic nitrogens is 2. The number of benzene rings is 2. The van der Waals surface area contributed by atoms with E-state index < -0.39 is 35.2 Å². The lowest BCUT2D eigenvalue weighted by atomic mass is 9.86. The van der Waals surface area contributed by atoms with E-state index in [2.05, 4.69) is 25.9 Å². The number of anilines is 2. The SMILES string of the molecule is CCOc1cc2nc(Nc3cc(CNC(=O)C(C)(C)C)ccc3C(F)(F)F)[nH]c2cc1C(=O)NC=C1CCC(C(F)(F)F)CC1. The Bertz CT molecular complexity index is 1580. The topological polar surface area (TPSA) is 108 Å². The predicted molar refractivity (Wildman–Crippen MR) is 157 cm³/mol. The number of fused-ring (bicyclic) bond motifs is 1. The first-order valence-corrected chi connectivity index (χ1v) is 14.4. The smallest absolute Gasteiger partial charge is 0.418 e. The highest BCUT2D eigenvalue weighted by atomic mass is 19.4. The molecular formula is C31H35F6N5O3. The van der Waals surface area contributed by atoms with Crippen molar-refractivity contribution in [2.75, 3.05) is 11.9 Å². The molecule has 1 saturated carbocycles. The number of hydrogen-bond acceptors (Lipinski definition) is 5. The lowest BCUT2D eigenvalue weighted by Crippen LogP contribution is -2.34. The molecule has 1 fully saturated rings. The normalized spacial score (nSPS) is 16.0. The van der Waals surface area contributed by atoms with Crippen molar-refractivity contribution in [3.63, 3.8) is 0 Å². The third kappa shape index (κ3) is 8.49. The second-order valence-corrected chi connectivity index (χ2v) is 11.9. The summed E-state index contributed by atoms with van der Waals surface area (Å²) < 4.78 is 86.1. The van der Waals surface area contributed by atoms with Gasteiger partial charge in [0.1, 0.15) is 5.75 Å². The Morgan fingerprint density at radius 3 is 2.33 bits per heavy atom. The van der Waals surface area contributed by atoms with E-state index in [9.17, 15) is 35.9 Å². The van der Waals surface area contributed by atoms with Crippen molar-refractivity contribution in [3.05, 3.63) is 58.8 Å². The van der Waals surface area contributed by atoms with Crippen LogP contribution < -0.4 is 20.7 Å². The first-order valence-electron chi connectivity index (χ1n) is 14.4. The fourth-order valence-corrected chi connectivity index (χ4v) is 4.88. The Balaban J connectivity index is 1.57. The van der Waals surface area contributed by atoms with E-state index in [4.69, 9.17) is 4.74 Å². The van der Waals surface area contributed by atoms with E-state index in [1.165, 1.54) is 30.5 Å². The Kier molecular flexibility index (Phi) is 9.74. The van der Waals surface area contributed by atoms with E-state index in [0.717, 1.165) is 6.07 Å². The number of amides is 2. The molecule has 3 aromatic rings. The molecule has 0 saturated heterocycles. The third-order valence-electron chi connectivity index (χ3n) is 7.40. The Morgan fingerprint density at radius 2 is 1.73 bits per heavy atom. The van der Waals surface area contributed by atoms with Gasteiger partial charge in [-0.3, -0.25) is 9.59 Å². The minimum atomic E-state index is -4.69. The zero-order valence-corrected chi connectivity index (χ0v) is 25.2. The standard InChI is InChI=1S/C31H35F6N5O3/c1-5-45-25-14-24-23(13-20(25)26(43)38-15-17-6-9-19(10-7-17)30(32,33)34)41-28(42-24)40-22-12-18(8-11-21(22)31(35,36)37)16-39-27(44)29(2,3)4/h8,11-15,19H,5-7,9-10,16H2,1-4H3,(H,38,43)(H,39,44)(H2,40,41,42). The van der Waals surface area contributed by atoms with Crippen LogP contribution >= 0.6 is 0 Å². The van der Waals surface area contributed by atoms with Gasteiger partial charge in [-0.25, -0.2) is 4.98 Å². The van der Waals surface area contributed by atoms with Crippen molar-refractivity contribution >= 4 is 34.5 Å². The first-order chi connectivity index (χ1) is 21.0. The summed E-state index contributed by atoms with van der Waals surface area (Å²) in [6.07, 6.45) is -7.18. The molecule has 0 spiro atoms. The summed E-state index contributed by atoms with van der Waals surface area (Å²) in [6.45, 7) is 7.09. The number of allylic oxidation sites excluding steroid dienone is 1. The highest BCUT2D eigenvalue weighted by molar-refractivity contribution is 6.01. The number of aromatic amines is 1. The van der Waals surface area contributed by atoms with E-state index in [1.54, 1.807) is 27.7 Å². The van der Waals surface area contributed by atoms with Crippen molar-refractivity contribution in [2.45, 2.75) is 72.3 Å². The van der Waals surface area contributed by atoms with Gasteiger partial charge in [-0.05, 0) is 56.4 Å². The summed E-state index contributed by atoms with van der Waals surface area (Å²) in [5.41, 5.74) is -0.0535. The minimum Gasteiger partial charge on any atom is -0.493 e. The van der Waals surface area contributed by atoms with Crippen LogP contribution in [0.3, 0.4) is 0 Å². The summed E-state index contributed by atoms with van der Waals surface area (Å²) >= 11 is 0. The summed E-state index contributed by atoms with van der Waals surface area (Å²) in [7, 11) is 0. The minimum absolute atomic E-state index is 0.0122. The highest BCUT2D eigenvalue weighted by Crippen LogP contribution is 2.39. The molecule has 45 heavy (non-hydrogen) atoms. The van der Waals surface area contributed by atoms with Crippen molar-refractivity contribution in [1.82, 2.24) is 20.6 Å². The van der Waals surface area contributed by atoms with Gasteiger partial charge in [-0.2, -0.15) is 26.3 Å². The Hall–Kier alpha value is -4.23. The molecule has 0 bridgehead atoms. The fourth-order valence-electron chi connectivity index (χ4n) is 4.88. The number of carbonyl (C=O) groups is 2. The number of alkyl halides is 6. The quantitative estimate of drug-likeness (QED) is 0.189. The van der Waals surface area contributed by atoms with Crippen LogP contribution in [0.2, 0.25) is 0 Å². The van der Waals surface area contributed by atoms with Gasteiger partial charge in [-0.15, -0.1) is 0 Å². The van der Waals surface area contributed by atoms with E-state index in [-0.39, 0.29) is 67.7 Å². The van der Waals surface area contributed by atoms with Gasteiger partial charge in [0.25, 0.3) is 5.91 Å². The van der Waals surface area contributed by atoms with Crippen LogP contribution in [0.5, 0.6) is 5.75 Å². The molecular weight excluding hydrogens is 604 g/mol. The lowest BCUT2D eigenvalue weighted by molar-refractivity contribution is -0.179. The Labute approximate surface area is 256 Å². The molecule has 0 aliphatic heterocycles. The maximum absolute atomic E-state index is 13.9. The molecule has 1 aliphatic rings. The van der Waals surface area contributed by atoms with E-state index in [1.807, 2.05) is 0 Å². The molecule has 1 aromatic heterocycles. The number of imidazole rings is 1. The van der Waals surface area contributed by atoms with Gasteiger partial charge in [-0.1, -0.05) is 32.4 Å². The zero-order chi connectivity index (χ0) is 33.2. The number of nitrogens with zero attached hydrogens (tertiary/aromatic N) is 1. The predicted octanol–water partition coefficient (Wildman–Crippen LogP) is 7.75. The number of rotatable bonds is 8. The number of nitrogens with one attached hydrogen (secondary N) is 4. The molecule has 4 N–H and O–H groups in total. The largest absolute Gasteiger partial charge is 0.493 e. The average Bonchev–Trinajstić information content (AvgIpc) is 3.34. The van der Waals surface area contributed by atoms with Gasteiger partial charge in [0.2, 0.25) is 11.9 Å². The number of carbonyl (C=O) groups excluding carboxylic acids is 2. The van der Waals surface area contributed by atoms with Crippen molar-refractivity contribution in [1.29, 1.82) is 0 Å². The molecule has 4 rings (SSSR count). The average molecular weight is 640 g/mol. The van der Waals surface area contributed by atoms with Crippen LogP contribution in [0.4, 0.5) is 38.0 Å². The summed E-state index contributed by atoms with van der Waals surface area (Å²) in [5.74, 6) is -2.05. The number of hydrogen-bond donors (Lipinski definition) is 4. The highest BCUT2D eigenvalue weighted by Gasteiger charge is 2.40. The molecule has 1 aliphatic carbocycles. The van der Waals surface area contributed by atoms with Crippen molar-refractivity contribution < 1.29 is 40.7 Å². The summed E-state index contributed by atoms with van der Waals surface area (Å²) in [5, 5.41) is 8.01. The summed E-state index contributed by atoms with van der Waals surface area (Å²) in [4.78, 5) is 32.6. The maximum atomic E-state index is 13.9. The lowest BCUT2D eigenvalue weighted by Gasteiger charge is -2.25. The fraction of sp³-hybridized carbons (Fsp3) is 0.452. The molecule has 2 aromatic carbocycles. The van der Waals surface area contributed by atoms with Gasteiger partial charge in [0.15, 0.2) is 0 Å². The van der Waals surface area contributed by atoms with Crippen LogP contribution in [-0.2, 0) is 17.5 Å². The van der Waals surface area contributed by atoms with Crippen LogP contribution in [0, 0.1) is 11.3 Å². The monoisotopic (exact) mass is 639 g/mol. The van der Waals surface area contributed by atoms with Crippen LogP contribution in [-0.4, -0.2) is 34.6 Å². The zero-order valence-electron chi connectivity index (χ0n) is 25.2. The molecule has 0 unspecified atom stereocenters. The Morgan fingerprint density at radius 1 is 1.04 bits per heavy atom. The van der Waals surface area contributed by atoms with E-state index in [0.29, 0.717) is 22.2 Å². The summed E-state index contributed by atoms with van der Waals surface area (Å²) in [6, 6.07) is 6.39. The number of H-pyrrole nitrogens is 1. The van der Waals surface area contributed by atoms with Gasteiger partial charge < -0.3 is 25.7 Å². The van der Waals surface area contributed by atoms with Crippen molar-refractivity contribution in [2.24, 2.45) is 11.3 Å². The third-order valence-corrected chi connectivity index (χ3v) is 7.40. The van der Waals surface area contributed by atoms with Gasteiger partial charge in [0.05, 0.1) is 40.4 Å². The molecule has 2 amide bonds. The van der Waals surface area contributed by atoms with Crippen LogP contribution in [0.15, 0.2) is 42.1 Å². The molecule has 0 radical (unpaired) electrons. The van der Waals surface area contributed by atoms with Gasteiger partial charge >= 0.3 is 12.4 Å². The second-order valence-electron chi connectivity index (χ2n) is 11.9. The first kappa shape index (κ1) is 33.7. The molecule has 1 heterocycles. The maximum Gasteiger partial charge on any atom is 0.418 e. The van der Waals surface area contributed by atoms with Crippen LogP contribution in [0.1, 0.15) is 74.9 Å². The second kappa shape index (κ2) is 13.0. The number of ether oxygens (including phenoxy) is 1. The molecule has 14 heteroatoms. The van der Waals surface area contributed by atoms with Crippen molar-refractivity contribution in [3.8, 4) is 5.75 Å². The molecule has 244 valence electrons. The number of halogens is 6.